The predicted molar refractivity (Wildman–Crippen MR) is 98.8 cm³/mol. The lowest BCUT2D eigenvalue weighted by atomic mass is 9.91. The van der Waals surface area contributed by atoms with Gasteiger partial charge in [-0.2, -0.15) is 5.26 Å². The molecule has 7 nitrogen and oxygen atoms in total. The van der Waals surface area contributed by atoms with Gasteiger partial charge in [-0.05, 0) is 42.8 Å². The summed E-state index contributed by atoms with van der Waals surface area (Å²) in [6, 6.07) is 11.0. The molecule has 1 fully saturated rings. The molecule has 1 saturated heterocycles. The van der Waals surface area contributed by atoms with Crippen LogP contribution >= 0.6 is 11.6 Å². The summed E-state index contributed by atoms with van der Waals surface area (Å²) in [4.78, 5) is 38.0. The van der Waals surface area contributed by atoms with E-state index in [1.807, 2.05) is 6.07 Å². The van der Waals surface area contributed by atoms with Gasteiger partial charge in [-0.3, -0.25) is 14.5 Å². The molecule has 0 radical (unpaired) electrons. The lowest BCUT2D eigenvalue weighted by molar-refractivity contribution is -0.133. The van der Waals surface area contributed by atoms with Gasteiger partial charge in [0.1, 0.15) is 17.9 Å². The van der Waals surface area contributed by atoms with E-state index in [1.54, 1.807) is 12.1 Å². The van der Waals surface area contributed by atoms with Gasteiger partial charge in [-0.1, -0.05) is 23.7 Å². The summed E-state index contributed by atoms with van der Waals surface area (Å²) >= 11 is 5.78. The number of nitriles is 1. The second-order valence-corrected chi connectivity index (χ2v) is 6.74. The summed E-state index contributed by atoms with van der Waals surface area (Å²) in [5.74, 6) is -2.09. The van der Waals surface area contributed by atoms with E-state index in [4.69, 9.17) is 16.9 Å². The van der Waals surface area contributed by atoms with E-state index < -0.39 is 35.7 Å². The van der Waals surface area contributed by atoms with Crippen LogP contribution in [0.3, 0.4) is 0 Å². The Labute approximate surface area is 164 Å². The number of nitrogens with zero attached hydrogens (tertiary/aromatic N) is 2. The molecule has 1 heterocycles. The first kappa shape index (κ1) is 19.3. The van der Waals surface area contributed by atoms with Gasteiger partial charge in [-0.15, -0.1) is 0 Å². The number of halogens is 2. The molecule has 3 rings (SSSR count). The largest absolute Gasteiger partial charge is 0.325 e. The molecule has 0 aromatic heterocycles. The Balaban J connectivity index is 1.77. The molecule has 0 spiro atoms. The zero-order valence-corrected chi connectivity index (χ0v) is 15.4. The van der Waals surface area contributed by atoms with Crippen molar-refractivity contribution in [2.24, 2.45) is 0 Å². The monoisotopic (exact) mass is 400 g/mol. The lowest BCUT2D eigenvalue weighted by Crippen LogP contribution is -2.42. The number of amides is 4. The van der Waals surface area contributed by atoms with Crippen molar-refractivity contribution in [1.29, 1.82) is 5.26 Å². The van der Waals surface area contributed by atoms with E-state index in [2.05, 4.69) is 10.6 Å². The summed E-state index contributed by atoms with van der Waals surface area (Å²) in [5.41, 5.74) is -0.663. The van der Waals surface area contributed by atoms with Crippen LogP contribution in [0.4, 0.5) is 14.9 Å². The third kappa shape index (κ3) is 3.52. The average Bonchev–Trinajstić information content (AvgIpc) is 2.89. The predicted octanol–water partition coefficient (Wildman–Crippen LogP) is 2.76. The molecule has 0 aliphatic carbocycles. The number of anilines is 1. The van der Waals surface area contributed by atoms with Gasteiger partial charge in [0.05, 0.1) is 17.3 Å². The Kier molecular flexibility index (Phi) is 5.03. The molecule has 1 unspecified atom stereocenters. The van der Waals surface area contributed by atoms with Crippen molar-refractivity contribution in [3.63, 3.8) is 0 Å². The van der Waals surface area contributed by atoms with Crippen LogP contribution in [0, 0.1) is 17.1 Å². The summed E-state index contributed by atoms with van der Waals surface area (Å²) in [7, 11) is 0. The van der Waals surface area contributed by atoms with Gasteiger partial charge in [0.15, 0.2) is 0 Å². The molecule has 1 aliphatic rings. The van der Waals surface area contributed by atoms with Gasteiger partial charge in [-0.25, -0.2) is 9.18 Å². The normalized spacial score (nSPS) is 18.6. The van der Waals surface area contributed by atoms with Crippen molar-refractivity contribution >= 4 is 35.1 Å². The fraction of sp³-hybridized carbons (Fsp3) is 0.158. The first-order valence-electron chi connectivity index (χ1n) is 8.14. The highest BCUT2D eigenvalue weighted by Crippen LogP contribution is 2.29. The van der Waals surface area contributed by atoms with Crippen LogP contribution in [0.25, 0.3) is 0 Å². The number of nitrogens with one attached hydrogen (secondary N) is 2. The maximum absolute atomic E-state index is 13.7. The summed E-state index contributed by atoms with van der Waals surface area (Å²) in [6.45, 7) is 0.908. The van der Waals surface area contributed by atoms with Crippen LogP contribution in [0.2, 0.25) is 5.02 Å². The summed E-state index contributed by atoms with van der Waals surface area (Å²) < 4.78 is 13.7. The Bertz CT molecular complexity index is 1020. The topological polar surface area (TPSA) is 102 Å². The second-order valence-electron chi connectivity index (χ2n) is 6.31. The van der Waals surface area contributed by atoms with E-state index in [9.17, 15) is 18.8 Å². The van der Waals surface area contributed by atoms with Crippen molar-refractivity contribution in [2.45, 2.75) is 12.5 Å². The number of benzene rings is 2. The molecular weight excluding hydrogens is 387 g/mol. The Morgan fingerprint density at radius 2 is 1.96 bits per heavy atom. The minimum absolute atomic E-state index is 0.153. The standard InChI is InChI=1S/C19H14ClFN4O3/c1-19(12-4-2-11(9-22)3-5-12)17(27)25(18(28)24-19)10-16(26)23-15-8-13(20)6-7-14(15)21/h2-8H,10H2,1H3,(H,23,26)(H,24,28). The van der Waals surface area contributed by atoms with E-state index in [0.717, 1.165) is 11.0 Å². The van der Waals surface area contributed by atoms with E-state index in [0.29, 0.717) is 11.1 Å². The molecule has 4 amide bonds. The fourth-order valence-electron chi connectivity index (χ4n) is 2.84. The highest BCUT2D eigenvalue weighted by molar-refractivity contribution is 6.30. The number of hydrogen-bond donors (Lipinski definition) is 2. The SMILES string of the molecule is CC1(c2ccc(C#N)cc2)NC(=O)N(CC(=O)Nc2cc(Cl)ccc2F)C1=O. The smallest absolute Gasteiger partial charge is 0.322 e. The third-order valence-corrected chi connectivity index (χ3v) is 4.61. The van der Waals surface area contributed by atoms with Crippen LogP contribution in [-0.4, -0.2) is 29.3 Å². The number of urea groups is 1. The van der Waals surface area contributed by atoms with E-state index in [1.165, 1.54) is 31.2 Å². The summed E-state index contributed by atoms with van der Waals surface area (Å²) in [5, 5.41) is 13.9. The van der Waals surface area contributed by atoms with Crippen molar-refractivity contribution < 1.29 is 18.8 Å². The molecule has 2 aromatic rings. The molecule has 0 bridgehead atoms. The van der Waals surface area contributed by atoms with Crippen LogP contribution in [0.5, 0.6) is 0 Å². The van der Waals surface area contributed by atoms with Crippen LogP contribution in [0.1, 0.15) is 18.1 Å². The van der Waals surface area contributed by atoms with Gasteiger partial charge < -0.3 is 10.6 Å². The van der Waals surface area contributed by atoms with Crippen molar-refractivity contribution in [3.05, 3.63) is 64.4 Å². The molecule has 2 aromatic carbocycles. The van der Waals surface area contributed by atoms with Crippen LogP contribution < -0.4 is 10.6 Å². The van der Waals surface area contributed by atoms with Crippen LogP contribution in [0.15, 0.2) is 42.5 Å². The fourth-order valence-corrected chi connectivity index (χ4v) is 3.01. The Morgan fingerprint density at radius 1 is 1.29 bits per heavy atom. The highest BCUT2D eigenvalue weighted by Gasteiger charge is 2.49. The van der Waals surface area contributed by atoms with Gasteiger partial charge >= 0.3 is 6.03 Å². The number of rotatable bonds is 4. The average molecular weight is 401 g/mol. The zero-order chi connectivity index (χ0) is 20.5. The van der Waals surface area contributed by atoms with Crippen molar-refractivity contribution in [1.82, 2.24) is 10.2 Å². The Morgan fingerprint density at radius 3 is 2.61 bits per heavy atom. The van der Waals surface area contributed by atoms with Crippen molar-refractivity contribution in [3.8, 4) is 6.07 Å². The molecule has 1 atom stereocenters. The van der Waals surface area contributed by atoms with E-state index >= 15 is 0 Å². The maximum atomic E-state index is 13.7. The first-order chi connectivity index (χ1) is 13.2. The molecule has 0 saturated carbocycles. The molecule has 28 heavy (non-hydrogen) atoms. The quantitative estimate of drug-likeness (QED) is 0.770. The van der Waals surface area contributed by atoms with E-state index in [-0.39, 0.29) is 10.7 Å². The van der Waals surface area contributed by atoms with Gasteiger partial charge in [0.2, 0.25) is 5.91 Å². The number of carbonyl (C=O) groups is 3. The summed E-state index contributed by atoms with van der Waals surface area (Å²) in [6.07, 6.45) is 0. The van der Waals surface area contributed by atoms with Crippen LogP contribution in [-0.2, 0) is 15.1 Å². The first-order valence-corrected chi connectivity index (χ1v) is 8.52. The molecule has 2 N–H and O–H groups in total. The lowest BCUT2D eigenvalue weighted by Gasteiger charge is -2.22. The van der Waals surface area contributed by atoms with Gasteiger partial charge in [0, 0.05) is 5.02 Å². The highest BCUT2D eigenvalue weighted by atomic mass is 35.5. The minimum atomic E-state index is -1.38. The third-order valence-electron chi connectivity index (χ3n) is 4.37. The van der Waals surface area contributed by atoms with Crippen molar-refractivity contribution in [2.75, 3.05) is 11.9 Å². The maximum Gasteiger partial charge on any atom is 0.325 e. The second kappa shape index (κ2) is 7.29. The minimum Gasteiger partial charge on any atom is -0.322 e. The Hall–Kier alpha value is -3.44. The number of hydrogen-bond acceptors (Lipinski definition) is 4. The van der Waals surface area contributed by atoms with Gasteiger partial charge in [0.25, 0.3) is 5.91 Å². The zero-order valence-electron chi connectivity index (χ0n) is 14.6. The molecule has 1 aliphatic heterocycles. The number of carbonyl (C=O) groups excluding carboxylic acids is 3. The molecule has 142 valence electrons. The number of imide groups is 1. The molecule has 9 heteroatoms. The molecular formula is C19H14ClFN4O3.